The summed E-state index contributed by atoms with van der Waals surface area (Å²) in [4.78, 5) is 42.4. The number of carbonyl (C=O) groups excluding carboxylic acids is 3. The van der Waals surface area contributed by atoms with E-state index in [2.05, 4.69) is 0 Å². The summed E-state index contributed by atoms with van der Waals surface area (Å²) in [6.45, 7) is 5.98. The van der Waals surface area contributed by atoms with Gasteiger partial charge >= 0.3 is 5.97 Å². The number of nitrogens with zero attached hydrogens (tertiary/aromatic N) is 3. The second-order valence-electron chi connectivity index (χ2n) is 16.5. The lowest BCUT2D eigenvalue weighted by Crippen LogP contribution is -2.32. The molecule has 1 unspecified atom stereocenters. The Kier molecular flexibility index (Phi) is 15.3. The van der Waals surface area contributed by atoms with Gasteiger partial charge in [-0.05, 0) is 88.4 Å². The van der Waals surface area contributed by atoms with Crippen LogP contribution in [0.15, 0.2) is 82.3 Å². The third-order valence-electron chi connectivity index (χ3n) is 11.5. The van der Waals surface area contributed by atoms with Gasteiger partial charge in [0.25, 0.3) is 52.3 Å². The number of anilines is 1. The van der Waals surface area contributed by atoms with Gasteiger partial charge in [-0.1, -0.05) is 31.1 Å². The molecule has 350 valence electrons. The number of imide groups is 1. The molecule has 1 atom stereocenters. The van der Waals surface area contributed by atoms with Crippen molar-refractivity contribution in [3.05, 3.63) is 83.6 Å². The van der Waals surface area contributed by atoms with Crippen LogP contribution in [-0.2, 0) is 70.5 Å². The fraction of sp³-hybridized carbons (Fsp3) is 0.463. The van der Waals surface area contributed by atoms with Crippen molar-refractivity contribution >= 4 is 75.3 Å². The van der Waals surface area contributed by atoms with Crippen LogP contribution in [0.5, 0.6) is 0 Å². The summed E-state index contributed by atoms with van der Waals surface area (Å²) in [5, 5.41) is 0.485. The van der Waals surface area contributed by atoms with Crippen molar-refractivity contribution in [2.45, 2.75) is 106 Å². The Morgan fingerprint density at radius 1 is 0.734 bits per heavy atom. The second-order valence-corrected chi connectivity index (χ2v) is 22.5. The number of unbranched alkanes of at least 4 members (excludes halogenated alkanes) is 3. The molecule has 23 heteroatoms. The number of allylic oxidation sites excluding steroid dienone is 6. The summed E-state index contributed by atoms with van der Waals surface area (Å²) in [6.07, 6.45) is 10.5. The van der Waals surface area contributed by atoms with E-state index in [0.717, 1.165) is 0 Å². The fourth-order valence-corrected chi connectivity index (χ4v) is 10.4. The summed E-state index contributed by atoms with van der Waals surface area (Å²) in [6, 6.07) is 8.28. The molecule has 0 radical (unpaired) electrons. The second kappa shape index (κ2) is 19.5. The van der Waals surface area contributed by atoms with Crippen molar-refractivity contribution in [2.24, 2.45) is 0 Å². The summed E-state index contributed by atoms with van der Waals surface area (Å²) in [5.74, 6) is -2.95. The Morgan fingerprint density at radius 2 is 1.33 bits per heavy atom. The number of fused-ring (bicyclic) bond motifs is 2. The van der Waals surface area contributed by atoms with Gasteiger partial charge in [-0.2, -0.15) is 38.2 Å². The summed E-state index contributed by atoms with van der Waals surface area (Å²) in [7, 11) is -17.8. The van der Waals surface area contributed by atoms with Crippen molar-refractivity contribution in [1.29, 1.82) is 0 Å². The molecule has 0 spiro atoms. The zero-order chi connectivity index (χ0) is 47.5. The van der Waals surface area contributed by atoms with Crippen molar-refractivity contribution in [1.82, 2.24) is 5.06 Å². The molecule has 3 aliphatic rings. The molecule has 3 heterocycles. The van der Waals surface area contributed by atoms with E-state index in [4.69, 9.17) is 4.84 Å². The maximum Gasteiger partial charge on any atom is 0.333 e. The number of amides is 2. The first-order chi connectivity index (χ1) is 29.6. The lowest BCUT2D eigenvalue weighted by Gasteiger charge is -2.30. The molecule has 1 fully saturated rings. The fourth-order valence-electron chi connectivity index (χ4n) is 8.30. The molecular formula is C41H52N3O16S4+. The van der Waals surface area contributed by atoms with Crippen LogP contribution >= 0.6 is 0 Å². The highest BCUT2D eigenvalue weighted by atomic mass is 32.2. The molecule has 3 aliphatic heterocycles. The van der Waals surface area contributed by atoms with E-state index in [0.29, 0.717) is 64.8 Å². The van der Waals surface area contributed by atoms with Crippen LogP contribution in [0.2, 0.25) is 0 Å². The summed E-state index contributed by atoms with van der Waals surface area (Å²) in [5.41, 5.74) is 1.73. The monoisotopic (exact) mass is 970 g/mol. The molecule has 4 N–H and O–H groups in total. The number of hydrogen-bond donors (Lipinski definition) is 4. The van der Waals surface area contributed by atoms with E-state index in [1.54, 1.807) is 41.0 Å². The van der Waals surface area contributed by atoms with E-state index in [1.807, 2.05) is 25.7 Å². The number of hydrogen-bond acceptors (Lipinski definition) is 13. The van der Waals surface area contributed by atoms with E-state index in [9.17, 15) is 66.3 Å². The molecule has 19 nitrogen and oxygen atoms in total. The van der Waals surface area contributed by atoms with Gasteiger partial charge in [0, 0.05) is 66.7 Å². The number of hydroxylamine groups is 2. The van der Waals surface area contributed by atoms with Crippen LogP contribution in [0.3, 0.4) is 0 Å². The lowest BCUT2D eigenvalue weighted by atomic mass is 9.77. The average molecular weight is 971 g/mol. The predicted octanol–water partition coefficient (Wildman–Crippen LogP) is 4.83. The highest BCUT2D eigenvalue weighted by Gasteiger charge is 2.46. The van der Waals surface area contributed by atoms with E-state index >= 15 is 0 Å². The number of benzene rings is 2. The molecular weight excluding hydrogens is 919 g/mol. The largest absolute Gasteiger partial charge is 0.344 e. The average Bonchev–Trinajstić information content (AvgIpc) is 3.70. The highest BCUT2D eigenvalue weighted by molar-refractivity contribution is 7.86. The van der Waals surface area contributed by atoms with E-state index in [1.165, 1.54) is 30.3 Å². The van der Waals surface area contributed by atoms with Gasteiger partial charge in [0.2, 0.25) is 5.69 Å². The Bertz CT molecular complexity index is 2760. The standard InChI is InChI=1S/C41H51N3O16S4/c1-40(2)31-27-29(63(54,55)56)16-18-33(31)42(24-12-26-62(51,52)53)35(40)13-6-4-7-14-36-41(3,22-9-11-25-61(48,49)50)32-28-30(64(57,58)59)17-19-34(32)43(36)23-10-5-8-15-39(47)60-44-37(45)20-21-38(44)46/h4,6-7,13-14,16-19,27-28H,5,8-12,15,20-26H2,1-3H3,(H3-,48,49,50,51,52,53,54,55,56,57,58,59)/p+1. The Balaban J connectivity index is 1.47. The van der Waals surface area contributed by atoms with Crippen LogP contribution in [0.25, 0.3) is 0 Å². The molecule has 0 aliphatic carbocycles. The maximum atomic E-state index is 12.4. The number of carbonyl (C=O) groups is 3. The molecule has 2 aromatic carbocycles. The normalized spacial score (nSPS) is 19.8. The van der Waals surface area contributed by atoms with Gasteiger partial charge < -0.3 is 9.74 Å². The molecule has 1 saturated heterocycles. The zero-order valence-corrected chi connectivity index (χ0v) is 38.7. The minimum Gasteiger partial charge on any atom is -0.344 e. The number of rotatable bonds is 21. The first-order valence-corrected chi connectivity index (χ1v) is 26.4. The van der Waals surface area contributed by atoms with Gasteiger partial charge in [-0.3, -0.25) is 27.8 Å². The lowest BCUT2D eigenvalue weighted by molar-refractivity contribution is -0.437. The smallest absolute Gasteiger partial charge is 0.333 e. The van der Waals surface area contributed by atoms with Gasteiger partial charge in [-0.25, -0.2) is 4.79 Å². The van der Waals surface area contributed by atoms with Crippen LogP contribution in [0, 0.1) is 0 Å². The molecule has 5 rings (SSSR count). The maximum absolute atomic E-state index is 12.4. The van der Waals surface area contributed by atoms with Crippen LogP contribution in [0.4, 0.5) is 11.4 Å². The molecule has 64 heavy (non-hydrogen) atoms. The highest BCUT2D eigenvalue weighted by Crippen LogP contribution is 2.51. The molecule has 0 bridgehead atoms. The van der Waals surface area contributed by atoms with Crippen LogP contribution < -0.4 is 4.90 Å². The Hall–Kier alpha value is -4.62. The molecule has 2 amide bonds. The minimum absolute atomic E-state index is 0.0247. The van der Waals surface area contributed by atoms with Crippen LogP contribution in [-0.4, -0.2) is 110 Å². The van der Waals surface area contributed by atoms with Crippen molar-refractivity contribution in [2.75, 3.05) is 29.5 Å². The molecule has 2 aromatic rings. The van der Waals surface area contributed by atoms with Gasteiger partial charge in [0.15, 0.2) is 5.71 Å². The van der Waals surface area contributed by atoms with E-state index < -0.39 is 80.6 Å². The van der Waals surface area contributed by atoms with Gasteiger partial charge in [0.05, 0.1) is 26.7 Å². The predicted molar refractivity (Wildman–Crippen MR) is 233 cm³/mol. The SMILES string of the molecule is CC1(C)C(C=CC=CC=C2N(CCCCCC(=O)ON3C(=O)CCC3=O)c3ccc(S(=O)(=O)O)cc3C2(C)CCCCS(=O)(=O)O)=[N+](CCCS(=O)(=O)O)c2ccc(S(=O)(=O)O)cc21. The first-order valence-electron chi connectivity index (χ1n) is 20.3. The third kappa shape index (κ3) is 12.2. The Labute approximate surface area is 373 Å². The molecule has 0 saturated carbocycles. The quantitative estimate of drug-likeness (QED) is 0.0428. The Morgan fingerprint density at radius 3 is 1.94 bits per heavy atom. The van der Waals surface area contributed by atoms with Crippen molar-refractivity contribution < 1.29 is 75.7 Å². The molecule has 0 aromatic heterocycles. The van der Waals surface area contributed by atoms with Crippen molar-refractivity contribution in [3.8, 4) is 0 Å². The first kappa shape index (κ1) is 50.4. The van der Waals surface area contributed by atoms with Crippen LogP contribution in [0.1, 0.15) is 96.1 Å². The summed E-state index contributed by atoms with van der Waals surface area (Å²) >= 11 is 0. The zero-order valence-electron chi connectivity index (χ0n) is 35.4. The van der Waals surface area contributed by atoms with Crippen molar-refractivity contribution in [3.63, 3.8) is 0 Å². The van der Waals surface area contributed by atoms with Gasteiger partial charge in [-0.15, -0.1) is 5.06 Å². The van der Waals surface area contributed by atoms with E-state index in [-0.39, 0.29) is 61.3 Å². The topological polar surface area (TPSA) is 287 Å². The minimum atomic E-state index is -4.65. The van der Waals surface area contributed by atoms with Gasteiger partial charge in [0.1, 0.15) is 6.54 Å². The third-order valence-corrected chi connectivity index (χ3v) is 14.8. The summed E-state index contributed by atoms with van der Waals surface area (Å²) < 4.78 is 135.